The molecule has 3 aromatic rings. The summed E-state index contributed by atoms with van der Waals surface area (Å²) in [5.41, 5.74) is 1.18. The molecule has 1 aromatic heterocycles. The molecule has 1 amide bonds. The fraction of sp³-hybridized carbons (Fsp3) is 0.227. The topological polar surface area (TPSA) is 113 Å². The fourth-order valence-electron chi connectivity index (χ4n) is 3.18. The van der Waals surface area contributed by atoms with Crippen molar-refractivity contribution in [3.63, 3.8) is 0 Å². The Morgan fingerprint density at radius 3 is 2.69 bits per heavy atom. The predicted octanol–water partition coefficient (Wildman–Crippen LogP) is 2.86. The smallest absolute Gasteiger partial charge is 0.262 e. The molecule has 10 heteroatoms. The highest BCUT2D eigenvalue weighted by molar-refractivity contribution is 7.89. The zero-order valence-electron chi connectivity index (χ0n) is 17.7. The number of hydrogen-bond donors (Lipinski definition) is 3. The van der Waals surface area contributed by atoms with Crippen LogP contribution in [0.1, 0.15) is 29.8 Å². The largest absolute Gasteiger partial charge is 0.348 e. The number of aromatic nitrogens is 2. The normalized spacial score (nSPS) is 11.6. The number of fused-ring (bicyclic) bond motifs is 1. The van der Waals surface area contributed by atoms with E-state index in [1.807, 2.05) is 0 Å². The van der Waals surface area contributed by atoms with Gasteiger partial charge in [0.2, 0.25) is 10.0 Å². The number of benzene rings is 2. The van der Waals surface area contributed by atoms with Gasteiger partial charge in [0.05, 0.1) is 15.8 Å². The molecule has 32 heavy (non-hydrogen) atoms. The average Bonchev–Trinajstić information content (AvgIpc) is 2.74. The summed E-state index contributed by atoms with van der Waals surface area (Å²) in [5.74, 6) is -0.366. The number of H-pyrrole nitrogens is 1. The van der Waals surface area contributed by atoms with Gasteiger partial charge >= 0.3 is 0 Å². The lowest BCUT2D eigenvalue weighted by Crippen LogP contribution is -2.30. The van der Waals surface area contributed by atoms with Crippen LogP contribution >= 0.6 is 12.2 Å². The third-order valence-electron chi connectivity index (χ3n) is 4.61. The Balaban J connectivity index is 1.80. The van der Waals surface area contributed by atoms with E-state index in [-0.39, 0.29) is 40.3 Å². The second-order valence-electron chi connectivity index (χ2n) is 7.50. The molecular formula is C22H24N4O4S2. The predicted molar refractivity (Wildman–Crippen MR) is 127 cm³/mol. The summed E-state index contributed by atoms with van der Waals surface area (Å²) in [6.45, 7) is 7.53. The summed E-state index contributed by atoms with van der Waals surface area (Å²) in [6.07, 6.45) is 1.58. The molecule has 2 aromatic carbocycles. The van der Waals surface area contributed by atoms with Gasteiger partial charge in [0.15, 0.2) is 4.77 Å². The minimum absolute atomic E-state index is 0.132. The molecule has 3 rings (SSSR count). The summed E-state index contributed by atoms with van der Waals surface area (Å²) in [5, 5.41) is 3.18. The number of allylic oxidation sites excluding steroid dienone is 1. The Bertz CT molecular complexity index is 1410. The molecule has 0 spiro atoms. The molecule has 0 bridgehead atoms. The van der Waals surface area contributed by atoms with Crippen molar-refractivity contribution < 1.29 is 13.2 Å². The highest BCUT2D eigenvalue weighted by atomic mass is 32.2. The van der Waals surface area contributed by atoms with Crippen molar-refractivity contribution in [1.29, 1.82) is 0 Å². The van der Waals surface area contributed by atoms with Crippen LogP contribution in [0.15, 0.2) is 64.8 Å². The summed E-state index contributed by atoms with van der Waals surface area (Å²) in [4.78, 5) is 28.3. The Hall–Kier alpha value is -3.08. The van der Waals surface area contributed by atoms with Crippen molar-refractivity contribution in [2.75, 3.05) is 0 Å². The molecule has 168 valence electrons. The van der Waals surface area contributed by atoms with E-state index in [0.29, 0.717) is 22.0 Å². The van der Waals surface area contributed by atoms with E-state index in [4.69, 9.17) is 12.2 Å². The minimum atomic E-state index is -3.63. The van der Waals surface area contributed by atoms with Crippen LogP contribution in [0, 0.1) is 4.77 Å². The van der Waals surface area contributed by atoms with E-state index in [0.717, 1.165) is 0 Å². The highest BCUT2D eigenvalue weighted by Crippen LogP contribution is 2.14. The van der Waals surface area contributed by atoms with Gasteiger partial charge in [-0.2, -0.15) is 0 Å². The third-order valence-corrected chi connectivity index (χ3v) is 6.59. The first kappa shape index (κ1) is 23.6. The Labute approximate surface area is 191 Å². The number of carbonyl (C=O) groups excluding carboxylic acids is 1. The molecule has 0 aliphatic rings. The molecular weight excluding hydrogens is 448 g/mol. The Morgan fingerprint density at radius 1 is 1.25 bits per heavy atom. The first-order chi connectivity index (χ1) is 15.1. The van der Waals surface area contributed by atoms with E-state index in [9.17, 15) is 18.0 Å². The monoisotopic (exact) mass is 472 g/mol. The maximum absolute atomic E-state index is 12.7. The summed E-state index contributed by atoms with van der Waals surface area (Å²) in [6, 6.07) is 10.8. The van der Waals surface area contributed by atoms with E-state index < -0.39 is 10.0 Å². The van der Waals surface area contributed by atoms with Crippen LogP contribution in [0.5, 0.6) is 0 Å². The molecule has 0 saturated carbocycles. The lowest BCUT2D eigenvalue weighted by atomic mass is 10.1. The maximum atomic E-state index is 12.7. The molecule has 0 radical (unpaired) electrons. The van der Waals surface area contributed by atoms with Gasteiger partial charge in [0, 0.05) is 24.7 Å². The average molecular weight is 473 g/mol. The summed E-state index contributed by atoms with van der Waals surface area (Å²) < 4.78 is 28.9. The van der Waals surface area contributed by atoms with Gasteiger partial charge in [-0.1, -0.05) is 18.2 Å². The number of nitrogens with zero attached hydrogens (tertiary/aromatic N) is 1. The van der Waals surface area contributed by atoms with Crippen molar-refractivity contribution >= 4 is 39.1 Å². The number of aromatic amines is 1. The number of nitrogens with one attached hydrogen (secondary N) is 3. The molecule has 0 fully saturated rings. The highest BCUT2D eigenvalue weighted by Gasteiger charge is 2.16. The van der Waals surface area contributed by atoms with E-state index in [1.54, 1.807) is 50.3 Å². The van der Waals surface area contributed by atoms with Crippen LogP contribution in [0.4, 0.5) is 0 Å². The van der Waals surface area contributed by atoms with E-state index in [2.05, 4.69) is 21.6 Å². The van der Waals surface area contributed by atoms with Crippen molar-refractivity contribution in [2.24, 2.45) is 0 Å². The molecule has 0 aliphatic heterocycles. The van der Waals surface area contributed by atoms with Gasteiger partial charge in [-0.05, 0) is 62.0 Å². The Morgan fingerprint density at radius 2 is 2.00 bits per heavy atom. The first-order valence-corrected chi connectivity index (χ1v) is 11.8. The summed E-state index contributed by atoms with van der Waals surface area (Å²) in [7, 11) is -3.63. The lowest BCUT2D eigenvalue weighted by molar-refractivity contribution is 0.0951. The second kappa shape index (κ2) is 9.60. The van der Waals surface area contributed by atoms with Crippen molar-refractivity contribution in [3.05, 3.63) is 81.4 Å². The van der Waals surface area contributed by atoms with Crippen molar-refractivity contribution in [2.45, 2.75) is 37.9 Å². The molecule has 0 unspecified atom stereocenters. The number of amides is 1. The van der Waals surface area contributed by atoms with Gasteiger partial charge < -0.3 is 10.3 Å². The van der Waals surface area contributed by atoms with Gasteiger partial charge in [0.25, 0.3) is 11.5 Å². The molecule has 1 heterocycles. The van der Waals surface area contributed by atoms with Crippen molar-refractivity contribution in [3.8, 4) is 0 Å². The number of rotatable bonds is 8. The molecule has 8 nitrogen and oxygen atoms in total. The van der Waals surface area contributed by atoms with E-state index >= 15 is 0 Å². The Kier molecular flexibility index (Phi) is 7.07. The molecule has 0 saturated heterocycles. The van der Waals surface area contributed by atoms with Crippen LogP contribution in [0.3, 0.4) is 0 Å². The van der Waals surface area contributed by atoms with Gasteiger partial charge in [-0.15, -0.1) is 6.58 Å². The van der Waals surface area contributed by atoms with Gasteiger partial charge in [-0.25, -0.2) is 13.1 Å². The van der Waals surface area contributed by atoms with Crippen LogP contribution in [-0.4, -0.2) is 29.9 Å². The van der Waals surface area contributed by atoms with Crippen LogP contribution < -0.4 is 15.6 Å². The molecule has 0 atom stereocenters. The molecule has 0 aliphatic carbocycles. The SMILES string of the molecule is C=CCn1c(=S)[nH]c2cc(C(=O)NCc3cccc(S(=O)(=O)NC(C)C)c3)ccc2c1=O. The maximum Gasteiger partial charge on any atom is 0.262 e. The first-order valence-electron chi connectivity index (χ1n) is 9.89. The van der Waals surface area contributed by atoms with Gasteiger partial charge in [-0.3, -0.25) is 14.2 Å². The zero-order valence-corrected chi connectivity index (χ0v) is 19.3. The van der Waals surface area contributed by atoms with Gasteiger partial charge in [0.1, 0.15) is 0 Å². The fourth-order valence-corrected chi connectivity index (χ4v) is 4.76. The number of sulfonamides is 1. The van der Waals surface area contributed by atoms with Crippen LogP contribution in [0.2, 0.25) is 0 Å². The minimum Gasteiger partial charge on any atom is -0.348 e. The summed E-state index contributed by atoms with van der Waals surface area (Å²) >= 11 is 5.23. The zero-order chi connectivity index (χ0) is 23.5. The van der Waals surface area contributed by atoms with Crippen LogP contribution in [0.25, 0.3) is 10.9 Å². The second-order valence-corrected chi connectivity index (χ2v) is 9.60. The van der Waals surface area contributed by atoms with Crippen molar-refractivity contribution in [1.82, 2.24) is 19.6 Å². The number of hydrogen-bond acceptors (Lipinski definition) is 5. The van der Waals surface area contributed by atoms with Crippen LogP contribution in [-0.2, 0) is 23.1 Å². The standard InChI is InChI=1S/C22H24N4O4S2/c1-4-10-26-21(28)18-9-8-16(12-19(18)24-22(26)31)20(27)23-13-15-6-5-7-17(11-15)32(29,30)25-14(2)3/h4-9,11-12,14,25H,1,10,13H2,2-3H3,(H,23,27)(H,24,31). The number of carbonyl (C=O) groups is 1. The third kappa shape index (κ3) is 5.21. The quantitative estimate of drug-likeness (QED) is 0.345. The lowest BCUT2D eigenvalue weighted by Gasteiger charge is -2.11. The van der Waals surface area contributed by atoms with E-state index in [1.165, 1.54) is 16.7 Å². The molecule has 3 N–H and O–H groups in total.